The summed E-state index contributed by atoms with van der Waals surface area (Å²) in [6.45, 7) is 2.28. The van der Waals surface area contributed by atoms with E-state index in [0.717, 1.165) is 22.2 Å². The van der Waals surface area contributed by atoms with Gasteiger partial charge in [-0.15, -0.1) is 0 Å². The molecule has 1 fully saturated rings. The minimum absolute atomic E-state index is 0.00290. The summed E-state index contributed by atoms with van der Waals surface area (Å²) in [6, 6.07) is 7.09. The number of anilines is 1. The number of imide groups is 1. The molecular formula is C15H18N2O4S. The summed E-state index contributed by atoms with van der Waals surface area (Å²) < 4.78 is 0. The number of nitrogens with one attached hydrogen (secondary N) is 1. The lowest BCUT2D eigenvalue weighted by atomic mass is 10.2. The van der Waals surface area contributed by atoms with Crippen molar-refractivity contribution in [3.05, 3.63) is 29.8 Å². The highest BCUT2D eigenvalue weighted by molar-refractivity contribution is 8.15. The molecule has 2 N–H and O–H groups in total. The smallest absolute Gasteiger partial charge is 0.293 e. The summed E-state index contributed by atoms with van der Waals surface area (Å²) in [5, 5.41) is 10.2. The molecule has 0 aliphatic carbocycles. The van der Waals surface area contributed by atoms with E-state index in [2.05, 4.69) is 5.32 Å². The van der Waals surface area contributed by atoms with Crippen LogP contribution in [0.3, 0.4) is 0 Å². The summed E-state index contributed by atoms with van der Waals surface area (Å²) in [5.74, 6) is -0.658. The van der Waals surface area contributed by atoms with Crippen LogP contribution < -0.4 is 10.2 Å². The van der Waals surface area contributed by atoms with E-state index in [4.69, 9.17) is 5.11 Å². The number of hydrogen-bond acceptors (Lipinski definition) is 5. The number of amides is 3. The number of thioether (sulfide) groups is 1. The molecule has 0 saturated carbocycles. The van der Waals surface area contributed by atoms with Gasteiger partial charge in [-0.05, 0) is 37.2 Å². The Balaban J connectivity index is 1.99. The molecule has 0 radical (unpaired) electrons. The van der Waals surface area contributed by atoms with Crippen molar-refractivity contribution < 1.29 is 19.5 Å². The van der Waals surface area contributed by atoms with Crippen molar-refractivity contribution in [2.24, 2.45) is 0 Å². The molecule has 1 atom stereocenters. The molecular weight excluding hydrogens is 304 g/mol. The monoisotopic (exact) mass is 322 g/mol. The summed E-state index contributed by atoms with van der Waals surface area (Å²) in [6.07, 6.45) is 0.426. The van der Waals surface area contributed by atoms with E-state index in [1.807, 2.05) is 19.1 Å². The predicted molar refractivity (Wildman–Crippen MR) is 84.8 cm³/mol. The van der Waals surface area contributed by atoms with Gasteiger partial charge in [0.05, 0.1) is 5.69 Å². The summed E-state index contributed by atoms with van der Waals surface area (Å²) >= 11 is 0.876. The van der Waals surface area contributed by atoms with Crippen LogP contribution in [0, 0.1) is 6.92 Å². The molecule has 6 nitrogen and oxygen atoms in total. The zero-order valence-corrected chi connectivity index (χ0v) is 13.1. The highest BCUT2D eigenvalue weighted by atomic mass is 32.2. The lowest BCUT2D eigenvalue weighted by Crippen LogP contribution is -2.34. The van der Waals surface area contributed by atoms with Crippen LogP contribution in [0.4, 0.5) is 10.5 Å². The van der Waals surface area contributed by atoms with Crippen LogP contribution in [-0.2, 0) is 9.59 Å². The van der Waals surface area contributed by atoms with Crippen molar-refractivity contribution in [1.82, 2.24) is 5.32 Å². The number of carbonyl (C=O) groups is 3. The molecule has 1 heterocycles. The number of benzene rings is 1. The minimum Gasteiger partial charge on any atom is -0.396 e. The Kier molecular flexibility index (Phi) is 5.57. The van der Waals surface area contributed by atoms with Gasteiger partial charge in [-0.2, -0.15) is 0 Å². The highest BCUT2D eigenvalue weighted by Crippen LogP contribution is 2.33. The Morgan fingerprint density at radius 3 is 2.64 bits per heavy atom. The van der Waals surface area contributed by atoms with Crippen molar-refractivity contribution in [1.29, 1.82) is 0 Å². The maximum Gasteiger partial charge on any atom is 0.293 e. The van der Waals surface area contributed by atoms with Gasteiger partial charge < -0.3 is 10.4 Å². The van der Waals surface area contributed by atoms with Gasteiger partial charge in [-0.1, -0.05) is 17.7 Å². The maximum absolute atomic E-state index is 12.3. The van der Waals surface area contributed by atoms with Crippen LogP contribution >= 0.6 is 11.8 Å². The average Bonchev–Trinajstić information content (AvgIpc) is 2.75. The van der Waals surface area contributed by atoms with E-state index >= 15 is 0 Å². The van der Waals surface area contributed by atoms with Gasteiger partial charge >= 0.3 is 0 Å². The maximum atomic E-state index is 12.3. The summed E-state index contributed by atoms with van der Waals surface area (Å²) in [4.78, 5) is 37.2. The molecule has 1 aliphatic rings. The van der Waals surface area contributed by atoms with Crippen molar-refractivity contribution in [2.75, 3.05) is 18.1 Å². The lowest BCUT2D eigenvalue weighted by Gasteiger charge is -2.14. The van der Waals surface area contributed by atoms with Gasteiger partial charge in [0.1, 0.15) is 5.25 Å². The SMILES string of the molecule is Cc1ccc(N2C(=O)SC(CC(=O)NCCCO)C2=O)cc1. The number of nitrogens with zero attached hydrogens (tertiary/aromatic N) is 1. The molecule has 22 heavy (non-hydrogen) atoms. The van der Waals surface area contributed by atoms with E-state index in [1.165, 1.54) is 0 Å². The summed E-state index contributed by atoms with van der Waals surface area (Å²) in [5.41, 5.74) is 1.56. The third-order valence-electron chi connectivity index (χ3n) is 3.24. The molecule has 1 unspecified atom stereocenters. The normalized spacial score (nSPS) is 17.9. The van der Waals surface area contributed by atoms with Crippen LogP contribution in [0.5, 0.6) is 0 Å². The van der Waals surface area contributed by atoms with Crippen LogP contribution in [0.25, 0.3) is 0 Å². The Morgan fingerprint density at radius 1 is 1.32 bits per heavy atom. The van der Waals surface area contributed by atoms with Crippen molar-refractivity contribution >= 4 is 34.5 Å². The molecule has 2 rings (SSSR count). The van der Waals surface area contributed by atoms with Crippen LogP contribution in [0.1, 0.15) is 18.4 Å². The standard InChI is InChI=1S/C15H18N2O4S/c1-10-3-5-11(6-4-10)17-14(20)12(22-15(17)21)9-13(19)16-7-2-8-18/h3-6,12,18H,2,7-9H2,1H3,(H,16,19). The third-order valence-corrected chi connectivity index (χ3v) is 4.28. The first-order valence-electron chi connectivity index (χ1n) is 7.01. The first-order valence-corrected chi connectivity index (χ1v) is 7.89. The second-order valence-electron chi connectivity index (χ2n) is 5.01. The Bertz CT molecular complexity index is 573. The van der Waals surface area contributed by atoms with Crippen LogP contribution in [0.2, 0.25) is 0 Å². The van der Waals surface area contributed by atoms with E-state index in [9.17, 15) is 14.4 Å². The molecule has 0 bridgehead atoms. The topological polar surface area (TPSA) is 86.7 Å². The Morgan fingerprint density at radius 2 is 2.00 bits per heavy atom. The van der Waals surface area contributed by atoms with Gasteiger partial charge in [0, 0.05) is 19.6 Å². The van der Waals surface area contributed by atoms with Crippen molar-refractivity contribution in [3.63, 3.8) is 0 Å². The van der Waals surface area contributed by atoms with Crippen molar-refractivity contribution in [3.8, 4) is 0 Å². The molecule has 118 valence electrons. The first-order chi connectivity index (χ1) is 10.5. The van der Waals surface area contributed by atoms with Gasteiger partial charge in [0.25, 0.3) is 5.24 Å². The van der Waals surface area contributed by atoms with Crippen LogP contribution in [0.15, 0.2) is 24.3 Å². The van der Waals surface area contributed by atoms with Gasteiger partial charge in [0.2, 0.25) is 11.8 Å². The predicted octanol–water partition coefficient (Wildman–Crippen LogP) is 1.45. The van der Waals surface area contributed by atoms with Crippen LogP contribution in [-0.4, -0.2) is 40.6 Å². The van der Waals surface area contributed by atoms with Gasteiger partial charge in [0.15, 0.2) is 0 Å². The number of aryl methyl sites for hydroxylation is 1. The molecule has 0 aromatic heterocycles. The molecule has 0 spiro atoms. The molecule has 1 saturated heterocycles. The fraction of sp³-hybridized carbons (Fsp3) is 0.400. The van der Waals surface area contributed by atoms with E-state index < -0.39 is 5.25 Å². The first kappa shape index (κ1) is 16.5. The average molecular weight is 322 g/mol. The zero-order valence-electron chi connectivity index (χ0n) is 12.2. The molecule has 3 amide bonds. The van der Waals surface area contributed by atoms with Crippen molar-refractivity contribution in [2.45, 2.75) is 25.0 Å². The lowest BCUT2D eigenvalue weighted by molar-refractivity contribution is -0.124. The summed E-state index contributed by atoms with van der Waals surface area (Å²) in [7, 11) is 0. The number of aliphatic hydroxyl groups is 1. The zero-order chi connectivity index (χ0) is 16.1. The fourth-order valence-corrected chi connectivity index (χ4v) is 3.05. The van der Waals surface area contributed by atoms with E-state index in [-0.39, 0.29) is 30.1 Å². The van der Waals surface area contributed by atoms with Gasteiger partial charge in [-0.3, -0.25) is 14.4 Å². The fourth-order valence-electron chi connectivity index (χ4n) is 2.06. The largest absolute Gasteiger partial charge is 0.396 e. The van der Waals surface area contributed by atoms with E-state index in [1.54, 1.807) is 12.1 Å². The third kappa shape index (κ3) is 3.86. The second kappa shape index (κ2) is 7.42. The Labute approximate surface area is 132 Å². The number of hydrogen-bond donors (Lipinski definition) is 2. The Hall–Kier alpha value is -1.86. The van der Waals surface area contributed by atoms with E-state index in [0.29, 0.717) is 18.7 Å². The number of carbonyl (C=O) groups excluding carboxylic acids is 3. The second-order valence-corrected chi connectivity index (χ2v) is 6.17. The minimum atomic E-state index is -0.692. The number of aliphatic hydroxyl groups excluding tert-OH is 1. The molecule has 1 aromatic carbocycles. The highest BCUT2D eigenvalue weighted by Gasteiger charge is 2.41. The van der Waals surface area contributed by atoms with Gasteiger partial charge in [-0.25, -0.2) is 4.90 Å². The number of rotatable bonds is 6. The quantitative estimate of drug-likeness (QED) is 0.774. The molecule has 7 heteroatoms. The molecule has 1 aromatic rings. The molecule has 1 aliphatic heterocycles.